The largest absolute Gasteiger partial charge is 0.496 e. The third-order valence-electron chi connectivity index (χ3n) is 2.17. The molecule has 2 N–H and O–H groups in total. The Morgan fingerprint density at radius 1 is 1.38 bits per heavy atom. The molecule has 0 radical (unpaired) electrons. The number of methoxy groups -OCH3 is 1. The molecule has 0 fully saturated rings. The Bertz CT molecular complexity index is 556. The van der Waals surface area contributed by atoms with Gasteiger partial charge in [-0.05, 0) is 18.2 Å². The minimum Gasteiger partial charge on any atom is -0.496 e. The number of pyridine rings is 1. The van der Waals surface area contributed by atoms with Gasteiger partial charge in [-0.25, -0.2) is 0 Å². The SMILES string of the molecule is COc1ccnc2c(N=NN)c(Cl)ccc12. The summed E-state index contributed by atoms with van der Waals surface area (Å²) >= 11 is 5.99. The van der Waals surface area contributed by atoms with Gasteiger partial charge in [-0.1, -0.05) is 16.8 Å². The summed E-state index contributed by atoms with van der Waals surface area (Å²) in [6.45, 7) is 0. The standard InChI is InChI=1S/C10H9ClN4O/c1-16-8-4-5-13-9-6(8)2-3-7(11)10(9)14-15-12/h2-5H,1H3,(H2,12,14). The van der Waals surface area contributed by atoms with Crippen LogP contribution in [0.5, 0.6) is 5.75 Å². The summed E-state index contributed by atoms with van der Waals surface area (Å²) in [6.07, 6.45) is 1.62. The van der Waals surface area contributed by atoms with Gasteiger partial charge >= 0.3 is 0 Å². The lowest BCUT2D eigenvalue weighted by molar-refractivity contribution is 0.419. The maximum atomic E-state index is 5.99. The number of hydrogen-bond acceptors (Lipinski definition) is 4. The predicted molar refractivity (Wildman–Crippen MR) is 62.0 cm³/mol. The van der Waals surface area contributed by atoms with Crippen molar-refractivity contribution < 1.29 is 4.74 Å². The maximum absolute atomic E-state index is 5.99. The van der Waals surface area contributed by atoms with Crippen LogP contribution in [-0.4, -0.2) is 12.1 Å². The van der Waals surface area contributed by atoms with Crippen LogP contribution in [0, 0.1) is 0 Å². The molecule has 0 aliphatic carbocycles. The molecule has 5 nitrogen and oxygen atoms in total. The van der Waals surface area contributed by atoms with E-state index in [1.807, 2.05) is 6.07 Å². The molecule has 0 aliphatic heterocycles. The molecule has 16 heavy (non-hydrogen) atoms. The summed E-state index contributed by atoms with van der Waals surface area (Å²) in [4.78, 5) is 4.20. The van der Waals surface area contributed by atoms with Gasteiger partial charge in [-0.15, -0.1) is 5.11 Å². The normalized spacial score (nSPS) is 11.1. The second kappa shape index (κ2) is 4.32. The Kier molecular flexibility index (Phi) is 2.87. The van der Waals surface area contributed by atoms with Crippen molar-refractivity contribution in [3.8, 4) is 5.75 Å². The number of halogens is 1. The van der Waals surface area contributed by atoms with Crippen LogP contribution in [0.1, 0.15) is 0 Å². The number of nitrogens with zero attached hydrogens (tertiary/aromatic N) is 3. The molecule has 2 aromatic rings. The van der Waals surface area contributed by atoms with Gasteiger partial charge in [0.05, 0.1) is 12.1 Å². The van der Waals surface area contributed by atoms with E-state index >= 15 is 0 Å². The van der Waals surface area contributed by atoms with E-state index < -0.39 is 0 Å². The van der Waals surface area contributed by atoms with Gasteiger partial charge in [0, 0.05) is 11.6 Å². The zero-order valence-electron chi connectivity index (χ0n) is 8.51. The molecule has 6 heteroatoms. The molecule has 1 aromatic heterocycles. The van der Waals surface area contributed by atoms with Crippen molar-refractivity contribution >= 4 is 28.2 Å². The molecule has 0 saturated carbocycles. The van der Waals surface area contributed by atoms with Gasteiger partial charge in [-0.2, -0.15) is 0 Å². The average Bonchev–Trinajstić information content (AvgIpc) is 2.32. The van der Waals surface area contributed by atoms with E-state index in [1.165, 1.54) is 0 Å². The van der Waals surface area contributed by atoms with Crippen molar-refractivity contribution in [1.82, 2.24) is 4.98 Å². The van der Waals surface area contributed by atoms with Crippen LogP contribution in [0.4, 0.5) is 5.69 Å². The lowest BCUT2D eigenvalue weighted by atomic mass is 10.2. The molecule has 0 spiro atoms. The van der Waals surface area contributed by atoms with Crippen molar-refractivity contribution in [2.45, 2.75) is 0 Å². The van der Waals surface area contributed by atoms with Gasteiger partial charge in [0.15, 0.2) is 0 Å². The summed E-state index contributed by atoms with van der Waals surface area (Å²) in [6, 6.07) is 5.29. The van der Waals surface area contributed by atoms with Crippen LogP contribution in [0.3, 0.4) is 0 Å². The van der Waals surface area contributed by atoms with Crippen molar-refractivity contribution in [3.05, 3.63) is 29.4 Å². The Labute approximate surface area is 96.9 Å². The average molecular weight is 237 g/mol. The first kappa shape index (κ1) is 10.6. The highest BCUT2D eigenvalue weighted by atomic mass is 35.5. The highest BCUT2D eigenvalue weighted by molar-refractivity contribution is 6.34. The van der Waals surface area contributed by atoms with Crippen molar-refractivity contribution in [3.63, 3.8) is 0 Å². The summed E-state index contributed by atoms with van der Waals surface area (Å²) in [7, 11) is 1.59. The first-order valence-electron chi connectivity index (χ1n) is 4.50. The monoisotopic (exact) mass is 236 g/mol. The fourth-order valence-electron chi connectivity index (χ4n) is 1.48. The molecule has 0 amide bonds. The highest BCUT2D eigenvalue weighted by Crippen LogP contribution is 2.35. The van der Waals surface area contributed by atoms with Crippen molar-refractivity contribution in [1.29, 1.82) is 0 Å². The van der Waals surface area contributed by atoms with Crippen LogP contribution in [0.25, 0.3) is 10.9 Å². The minimum absolute atomic E-state index is 0.445. The van der Waals surface area contributed by atoms with E-state index in [2.05, 4.69) is 15.3 Å². The van der Waals surface area contributed by atoms with Crippen LogP contribution >= 0.6 is 11.6 Å². The van der Waals surface area contributed by atoms with Gasteiger partial charge in [0.1, 0.15) is 17.0 Å². The molecule has 0 aliphatic rings. The van der Waals surface area contributed by atoms with Gasteiger partial charge in [0.2, 0.25) is 0 Å². The summed E-state index contributed by atoms with van der Waals surface area (Å²) in [5.41, 5.74) is 1.06. The number of hydrogen-bond donors (Lipinski definition) is 1. The predicted octanol–water partition coefficient (Wildman–Crippen LogP) is 2.85. The van der Waals surface area contributed by atoms with Gasteiger partial charge in [0.25, 0.3) is 0 Å². The quantitative estimate of drug-likeness (QED) is 0.495. The van der Waals surface area contributed by atoms with E-state index in [0.717, 1.165) is 5.39 Å². The van der Waals surface area contributed by atoms with Crippen LogP contribution in [-0.2, 0) is 0 Å². The van der Waals surface area contributed by atoms with Crippen molar-refractivity contribution in [2.75, 3.05) is 7.11 Å². The third kappa shape index (κ3) is 1.65. The smallest absolute Gasteiger partial charge is 0.132 e. The molecule has 0 bridgehead atoms. The summed E-state index contributed by atoms with van der Waals surface area (Å²) < 4.78 is 5.21. The number of benzene rings is 1. The topological polar surface area (TPSA) is 72.9 Å². The molecule has 1 aromatic carbocycles. The van der Waals surface area contributed by atoms with E-state index in [-0.39, 0.29) is 0 Å². The molecular weight excluding hydrogens is 228 g/mol. The van der Waals surface area contributed by atoms with E-state index in [1.54, 1.807) is 25.4 Å². The number of rotatable bonds is 2. The summed E-state index contributed by atoms with van der Waals surface area (Å²) in [5.74, 6) is 5.74. The molecule has 82 valence electrons. The molecule has 2 rings (SSSR count). The highest BCUT2D eigenvalue weighted by Gasteiger charge is 2.10. The lowest BCUT2D eigenvalue weighted by Crippen LogP contribution is -1.87. The number of nitrogens with two attached hydrogens (primary N) is 1. The minimum atomic E-state index is 0.445. The molecule has 0 unspecified atom stereocenters. The van der Waals surface area contributed by atoms with Gasteiger partial charge in [-0.3, -0.25) is 4.98 Å². The molecular formula is C10H9ClN4O. The van der Waals surface area contributed by atoms with Crippen LogP contribution in [0.2, 0.25) is 5.02 Å². The summed E-state index contributed by atoms with van der Waals surface area (Å²) in [5, 5.41) is 8.26. The van der Waals surface area contributed by atoms with E-state index in [9.17, 15) is 0 Å². The first-order chi connectivity index (χ1) is 7.77. The van der Waals surface area contributed by atoms with Crippen LogP contribution < -0.4 is 10.6 Å². The molecule has 0 saturated heterocycles. The Morgan fingerprint density at radius 3 is 2.88 bits per heavy atom. The number of aromatic nitrogens is 1. The fraction of sp³-hybridized carbons (Fsp3) is 0.100. The zero-order chi connectivity index (χ0) is 11.5. The van der Waals surface area contributed by atoms with Crippen molar-refractivity contribution in [2.24, 2.45) is 16.2 Å². The van der Waals surface area contributed by atoms with Crippen LogP contribution in [0.15, 0.2) is 34.7 Å². The van der Waals surface area contributed by atoms with E-state index in [4.69, 9.17) is 22.2 Å². The molecule has 0 atom stereocenters. The second-order valence-electron chi connectivity index (χ2n) is 3.02. The Balaban J connectivity index is 2.83. The number of ether oxygens (including phenoxy) is 1. The first-order valence-corrected chi connectivity index (χ1v) is 4.88. The third-order valence-corrected chi connectivity index (χ3v) is 2.48. The second-order valence-corrected chi connectivity index (χ2v) is 3.43. The lowest BCUT2D eigenvalue weighted by Gasteiger charge is -2.06. The fourth-order valence-corrected chi connectivity index (χ4v) is 1.67. The van der Waals surface area contributed by atoms with Gasteiger partial charge < -0.3 is 10.6 Å². The zero-order valence-corrected chi connectivity index (χ0v) is 9.27. The maximum Gasteiger partial charge on any atom is 0.132 e. The molecule has 1 heterocycles. The number of fused-ring (bicyclic) bond motifs is 1. The Hall–Kier alpha value is -1.88. The van der Waals surface area contributed by atoms with E-state index in [0.29, 0.717) is 22.0 Å². The Morgan fingerprint density at radius 2 is 2.19 bits per heavy atom.